The van der Waals surface area contributed by atoms with E-state index in [4.69, 9.17) is 0 Å². The Morgan fingerprint density at radius 1 is 1.21 bits per heavy atom. The third-order valence-corrected chi connectivity index (χ3v) is 6.21. The van der Waals surface area contributed by atoms with Gasteiger partial charge in [-0.1, -0.05) is 0 Å². The second kappa shape index (κ2) is 7.04. The molecule has 0 radical (unpaired) electrons. The molecule has 8 heteroatoms. The molecule has 0 amide bonds. The largest absolute Gasteiger partial charge is 0.477 e. The fourth-order valence-corrected chi connectivity index (χ4v) is 4.65. The molecule has 2 aromatic rings. The maximum absolute atomic E-state index is 15.0. The number of aromatic carboxylic acids is 1. The highest BCUT2D eigenvalue weighted by molar-refractivity contribution is 5.93. The van der Waals surface area contributed by atoms with E-state index in [1.54, 1.807) is 6.07 Å². The monoisotopic (exact) mass is 407 g/mol. The van der Waals surface area contributed by atoms with Crippen LogP contribution in [0.25, 0.3) is 10.9 Å². The highest BCUT2D eigenvalue weighted by atomic mass is 35.5. The zero-order valence-corrected chi connectivity index (χ0v) is 16.2. The van der Waals surface area contributed by atoms with Gasteiger partial charge >= 0.3 is 5.97 Å². The number of nitrogens with one attached hydrogen (secondary N) is 1. The zero-order valence-electron chi connectivity index (χ0n) is 15.4. The summed E-state index contributed by atoms with van der Waals surface area (Å²) in [7, 11) is 0. The topological polar surface area (TPSA) is 74.6 Å². The molecule has 2 unspecified atom stereocenters. The number of fused-ring (bicyclic) bond motifs is 2. The fraction of sp³-hybridized carbons (Fsp3) is 0.500. The summed E-state index contributed by atoms with van der Waals surface area (Å²) in [5, 5.41) is 13.0. The Hall–Kier alpha value is -2.12. The minimum Gasteiger partial charge on any atom is -0.477 e. The number of anilines is 1. The molecule has 5 rings (SSSR count). The summed E-state index contributed by atoms with van der Waals surface area (Å²) >= 11 is 0. The molecule has 3 aliphatic rings. The fourth-order valence-electron chi connectivity index (χ4n) is 4.65. The highest BCUT2D eigenvalue weighted by Gasteiger charge is 2.36. The van der Waals surface area contributed by atoms with Gasteiger partial charge in [0.1, 0.15) is 11.4 Å². The second-order valence-electron chi connectivity index (χ2n) is 8.00. The summed E-state index contributed by atoms with van der Waals surface area (Å²) in [4.78, 5) is 26.1. The molecule has 1 aliphatic carbocycles. The summed E-state index contributed by atoms with van der Waals surface area (Å²) in [6, 6.07) is 3.54. The van der Waals surface area contributed by atoms with Gasteiger partial charge in [0.15, 0.2) is 0 Å². The molecule has 2 N–H and O–H groups in total. The standard InChI is InChI=1S/C20H22FN3O3.ClH/c21-15-6-13-17(24(12-3-4-12)9-14(19(13)25)20(26)27)7-18(15)23-8-11-2-1-5-22-16(11)10-23;/h6-7,9,11-12,16,22H,1-5,8,10H2,(H,26,27);1H. The van der Waals surface area contributed by atoms with Gasteiger partial charge in [-0.15, -0.1) is 12.4 Å². The lowest BCUT2D eigenvalue weighted by Gasteiger charge is -2.24. The predicted octanol–water partition coefficient (Wildman–Crippen LogP) is 2.78. The van der Waals surface area contributed by atoms with Gasteiger partial charge < -0.3 is 19.9 Å². The van der Waals surface area contributed by atoms with Gasteiger partial charge in [0.25, 0.3) is 0 Å². The summed E-state index contributed by atoms with van der Waals surface area (Å²) in [6.45, 7) is 2.57. The molecule has 150 valence electrons. The van der Waals surface area contributed by atoms with Crippen molar-refractivity contribution in [2.24, 2.45) is 5.92 Å². The zero-order chi connectivity index (χ0) is 18.7. The Labute approximate surface area is 167 Å². The van der Waals surface area contributed by atoms with Crippen molar-refractivity contribution in [2.45, 2.75) is 37.8 Å². The van der Waals surface area contributed by atoms with Crippen LogP contribution in [-0.4, -0.2) is 41.3 Å². The number of benzene rings is 1. The van der Waals surface area contributed by atoms with Crippen LogP contribution >= 0.6 is 12.4 Å². The lowest BCUT2D eigenvalue weighted by Crippen LogP contribution is -2.40. The van der Waals surface area contributed by atoms with Crippen molar-refractivity contribution in [3.63, 3.8) is 0 Å². The van der Waals surface area contributed by atoms with E-state index in [-0.39, 0.29) is 29.4 Å². The minimum atomic E-state index is -1.27. The van der Waals surface area contributed by atoms with Crippen LogP contribution in [0, 0.1) is 11.7 Å². The molecule has 0 bridgehead atoms. The number of halogens is 2. The van der Waals surface area contributed by atoms with Crippen LogP contribution in [0.3, 0.4) is 0 Å². The van der Waals surface area contributed by atoms with E-state index in [0.717, 1.165) is 45.3 Å². The van der Waals surface area contributed by atoms with Gasteiger partial charge in [-0.3, -0.25) is 4.79 Å². The summed E-state index contributed by atoms with van der Waals surface area (Å²) < 4.78 is 16.8. The van der Waals surface area contributed by atoms with Gasteiger partial charge in [0, 0.05) is 36.8 Å². The molecule has 1 aromatic heterocycles. The van der Waals surface area contributed by atoms with E-state index in [2.05, 4.69) is 10.2 Å². The Morgan fingerprint density at radius 2 is 2.00 bits per heavy atom. The number of aromatic nitrogens is 1. The van der Waals surface area contributed by atoms with E-state index in [1.165, 1.54) is 12.3 Å². The molecular weight excluding hydrogens is 385 g/mol. The molecule has 3 heterocycles. The van der Waals surface area contributed by atoms with Crippen LogP contribution < -0.4 is 15.6 Å². The van der Waals surface area contributed by atoms with Crippen LogP contribution in [0.1, 0.15) is 42.1 Å². The van der Waals surface area contributed by atoms with E-state index in [1.807, 2.05) is 4.57 Å². The first-order chi connectivity index (χ1) is 13.0. The number of carboxylic acid groups (broad SMARTS) is 1. The molecule has 2 aliphatic heterocycles. The number of hydrogen-bond donors (Lipinski definition) is 2. The van der Waals surface area contributed by atoms with Crippen LogP contribution in [0.2, 0.25) is 0 Å². The SMILES string of the molecule is Cl.O=C(O)c1cn(C2CC2)c2cc(N3CC4CCCNC4C3)c(F)cc2c1=O. The van der Waals surface area contributed by atoms with Crippen LogP contribution in [0.5, 0.6) is 0 Å². The number of pyridine rings is 1. The average molecular weight is 408 g/mol. The Morgan fingerprint density at radius 3 is 2.68 bits per heavy atom. The van der Waals surface area contributed by atoms with Crippen molar-refractivity contribution in [3.8, 4) is 0 Å². The number of rotatable bonds is 3. The maximum atomic E-state index is 15.0. The highest BCUT2D eigenvalue weighted by Crippen LogP contribution is 2.39. The first kappa shape index (κ1) is 19.2. The Bertz CT molecular complexity index is 990. The van der Waals surface area contributed by atoms with Crippen molar-refractivity contribution in [1.29, 1.82) is 0 Å². The molecule has 2 atom stereocenters. The lowest BCUT2D eigenvalue weighted by molar-refractivity contribution is 0.0695. The second-order valence-corrected chi connectivity index (χ2v) is 8.00. The quantitative estimate of drug-likeness (QED) is 0.818. The molecule has 1 aromatic carbocycles. The van der Waals surface area contributed by atoms with Crippen molar-refractivity contribution in [2.75, 3.05) is 24.5 Å². The minimum absolute atomic E-state index is 0. The maximum Gasteiger partial charge on any atom is 0.341 e. The smallest absolute Gasteiger partial charge is 0.341 e. The van der Waals surface area contributed by atoms with Crippen LogP contribution in [-0.2, 0) is 0 Å². The molecular formula is C20H23ClFN3O3. The average Bonchev–Trinajstić information content (AvgIpc) is 3.39. The van der Waals surface area contributed by atoms with Crippen molar-refractivity contribution < 1.29 is 14.3 Å². The van der Waals surface area contributed by atoms with E-state index < -0.39 is 17.2 Å². The number of carboxylic acids is 1. The number of hydrogen-bond acceptors (Lipinski definition) is 4. The third-order valence-electron chi connectivity index (χ3n) is 6.21. The van der Waals surface area contributed by atoms with Gasteiger partial charge in [-0.05, 0) is 50.3 Å². The van der Waals surface area contributed by atoms with Gasteiger partial charge in [-0.25, -0.2) is 9.18 Å². The normalized spacial score (nSPS) is 24.1. The first-order valence-corrected chi connectivity index (χ1v) is 9.63. The Balaban J connectivity index is 0.00000192. The van der Waals surface area contributed by atoms with Crippen molar-refractivity contribution >= 4 is 35.0 Å². The van der Waals surface area contributed by atoms with E-state index in [9.17, 15) is 19.1 Å². The number of nitrogens with zero attached hydrogens (tertiary/aromatic N) is 2. The molecule has 1 saturated carbocycles. The van der Waals surface area contributed by atoms with Gasteiger partial charge in [0.05, 0.1) is 11.2 Å². The number of piperidine rings is 1. The van der Waals surface area contributed by atoms with Crippen molar-refractivity contribution in [1.82, 2.24) is 9.88 Å². The van der Waals surface area contributed by atoms with Crippen LogP contribution in [0.4, 0.5) is 10.1 Å². The summed E-state index contributed by atoms with van der Waals surface area (Å²) in [6.07, 6.45) is 5.62. The molecule has 6 nitrogen and oxygen atoms in total. The van der Waals surface area contributed by atoms with Crippen molar-refractivity contribution in [3.05, 3.63) is 39.9 Å². The first-order valence-electron chi connectivity index (χ1n) is 9.63. The van der Waals surface area contributed by atoms with E-state index in [0.29, 0.717) is 23.2 Å². The van der Waals surface area contributed by atoms with Gasteiger partial charge in [-0.2, -0.15) is 0 Å². The molecule has 0 spiro atoms. The predicted molar refractivity (Wildman–Crippen MR) is 107 cm³/mol. The van der Waals surface area contributed by atoms with E-state index >= 15 is 0 Å². The van der Waals surface area contributed by atoms with Gasteiger partial charge in [0.2, 0.25) is 5.43 Å². The Kier molecular flexibility index (Phi) is 4.83. The van der Waals surface area contributed by atoms with Crippen LogP contribution in [0.15, 0.2) is 23.1 Å². The molecule has 3 fully saturated rings. The summed E-state index contributed by atoms with van der Waals surface area (Å²) in [5.41, 5.74) is 0.233. The lowest BCUT2D eigenvalue weighted by atomic mass is 9.94. The molecule has 28 heavy (non-hydrogen) atoms. The summed E-state index contributed by atoms with van der Waals surface area (Å²) in [5.74, 6) is -1.20. The molecule has 2 saturated heterocycles. The third kappa shape index (κ3) is 3.06. The number of carbonyl (C=O) groups is 1.